The van der Waals surface area contributed by atoms with E-state index in [0.717, 1.165) is 19.8 Å². The van der Waals surface area contributed by atoms with Crippen LogP contribution >= 0.6 is 0 Å². The average Bonchev–Trinajstić information content (AvgIpc) is 2.82. The molecule has 0 aromatic heterocycles. The first kappa shape index (κ1) is 9.37. The Bertz CT molecular complexity index is 344. The fourth-order valence-electron chi connectivity index (χ4n) is 2.64. The molecule has 0 aliphatic carbocycles. The van der Waals surface area contributed by atoms with Gasteiger partial charge in [-0.1, -0.05) is 24.3 Å². The van der Waals surface area contributed by atoms with Crippen LogP contribution in [0.3, 0.4) is 0 Å². The zero-order valence-electron chi connectivity index (χ0n) is 8.98. The van der Waals surface area contributed by atoms with Gasteiger partial charge in [0.2, 0.25) is 0 Å². The second kappa shape index (κ2) is 3.95. The van der Waals surface area contributed by atoms with Crippen molar-refractivity contribution < 1.29 is 4.74 Å². The van der Waals surface area contributed by atoms with Gasteiger partial charge in [-0.15, -0.1) is 0 Å². The molecule has 2 aliphatic rings. The quantitative estimate of drug-likeness (QED) is 0.690. The van der Waals surface area contributed by atoms with Crippen molar-refractivity contribution in [1.29, 1.82) is 0 Å². The van der Waals surface area contributed by atoms with Gasteiger partial charge in [-0.2, -0.15) is 0 Å². The van der Waals surface area contributed by atoms with Crippen LogP contribution in [-0.4, -0.2) is 30.7 Å². The Kier molecular flexibility index (Phi) is 2.47. The van der Waals surface area contributed by atoms with Gasteiger partial charge in [0.1, 0.15) is 0 Å². The van der Waals surface area contributed by atoms with Gasteiger partial charge in [0, 0.05) is 25.7 Å². The average molecular weight is 203 g/mol. The van der Waals surface area contributed by atoms with Crippen molar-refractivity contribution in [2.75, 3.05) is 19.8 Å². The van der Waals surface area contributed by atoms with Crippen LogP contribution in [0.15, 0.2) is 24.3 Å². The third kappa shape index (κ3) is 1.80. The smallest absolute Gasteiger partial charge is 0.0622 e. The van der Waals surface area contributed by atoms with Crippen molar-refractivity contribution in [1.82, 2.24) is 4.90 Å². The van der Waals surface area contributed by atoms with Crippen molar-refractivity contribution in [2.24, 2.45) is 0 Å². The Morgan fingerprint density at radius 3 is 2.87 bits per heavy atom. The number of rotatable bonds is 1. The molecule has 1 aromatic rings. The Hall–Kier alpha value is -0.860. The van der Waals surface area contributed by atoms with Crippen molar-refractivity contribution >= 4 is 0 Å². The van der Waals surface area contributed by atoms with Gasteiger partial charge < -0.3 is 4.74 Å². The lowest BCUT2D eigenvalue weighted by molar-refractivity contribution is 0.135. The van der Waals surface area contributed by atoms with Crippen LogP contribution in [0.25, 0.3) is 0 Å². The maximum Gasteiger partial charge on any atom is 0.0622 e. The van der Waals surface area contributed by atoms with E-state index in [4.69, 9.17) is 4.74 Å². The highest BCUT2D eigenvalue weighted by Gasteiger charge is 2.26. The van der Waals surface area contributed by atoms with E-state index in [0.29, 0.717) is 6.04 Å². The van der Waals surface area contributed by atoms with Gasteiger partial charge in [0.25, 0.3) is 0 Å². The SMILES string of the molecule is c1ccc2c(c1)CCN(C1CCOC1)C2. The first-order chi connectivity index (χ1) is 7.43. The highest BCUT2D eigenvalue weighted by molar-refractivity contribution is 5.29. The summed E-state index contributed by atoms with van der Waals surface area (Å²) in [5.74, 6) is 0. The second-order valence-electron chi connectivity index (χ2n) is 4.51. The number of benzene rings is 1. The van der Waals surface area contributed by atoms with Gasteiger partial charge in [-0.25, -0.2) is 0 Å². The molecule has 1 fully saturated rings. The molecule has 2 aliphatic heterocycles. The monoisotopic (exact) mass is 203 g/mol. The molecule has 1 unspecified atom stereocenters. The normalized spacial score (nSPS) is 26.5. The van der Waals surface area contributed by atoms with Crippen molar-refractivity contribution in [3.63, 3.8) is 0 Å². The lowest BCUT2D eigenvalue weighted by Gasteiger charge is -2.32. The van der Waals surface area contributed by atoms with Crippen LogP contribution in [0.1, 0.15) is 17.5 Å². The second-order valence-corrected chi connectivity index (χ2v) is 4.51. The molecule has 0 spiro atoms. The van der Waals surface area contributed by atoms with Crippen molar-refractivity contribution in [3.8, 4) is 0 Å². The summed E-state index contributed by atoms with van der Waals surface area (Å²) in [7, 11) is 0. The molecule has 0 amide bonds. The third-order valence-electron chi connectivity index (χ3n) is 3.58. The van der Waals surface area contributed by atoms with E-state index in [9.17, 15) is 0 Å². The molecule has 0 bridgehead atoms. The first-order valence-electron chi connectivity index (χ1n) is 5.82. The van der Waals surface area contributed by atoms with Crippen LogP contribution < -0.4 is 0 Å². The lowest BCUT2D eigenvalue weighted by Crippen LogP contribution is -2.39. The van der Waals surface area contributed by atoms with E-state index in [1.54, 1.807) is 0 Å². The molecule has 2 heterocycles. The summed E-state index contributed by atoms with van der Waals surface area (Å²) in [5.41, 5.74) is 3.04. The van der Waals surface area contributed by atoms with Crippen molar-refractivity contribution in [2.45, 2.75) is 25.4 Å². The molecule has 3 rings (SSSR count). The fourth-order valence-corrected chi connectivity index (χ4v) is 2.64. The molecular weight excluding hydrogens is 186 g/mol. The summed E-state index contributed by atoms with van der Waals surface area (Å²) in [6.45, 7) is 4.19. The Labute approximate surface area is 90.8 Å². The number of hydrogen-bond donors (Lipinski definition) is 0. The van der Waals surface area contributed by atoms with E-state index in [1.165, 1.54) is 30.5 Å². The fraction of sp³-hybridized carbons (Fsp3) is 0.538. The predicted octanol–water partition coefficient (Wildman–Crippen LogP) is 1.83. The molecule has 80 valence electrons. The number of fused-ring (bicyclic) bond motifs is 1. The van der Waals surface area contributed by atoms with Crippen LogP contribution in [0.4, 0.5) is 0 Å². The maximum absolute atomic E-state index is 5.46. The van der Waals surface area contributed by atoms with Crippen LogP contribution in [-0.2, 0) is 17.7 Å². The molecule has 0 N–H and O–H groups in total. The molecule has 2 nitrogen and oxygen atoms in total. The van der Waals surface area contributed by atoms with E-state index in [2.05, 4.69) is 29.2 Å². The minimum absolute atomic E-state index is 0.665. The van der Waals surface area contributed by atoms with Gasteiger partial charge >= 0.3 is 0 Å². The summed E-state index contributed by atoms with van der Waals surface area (Å²) in [6, 6.07) is 9.48. The number of ether oxygens (including phenoxy) is 1. The van der Waals surface area contributed by atoms with Gasteiger partial charge in [0.15, 0.2) is 0 Å². The van der Waals surface area contributed by atoms with Crippen LogP contribution in [0.5, 0.6) is 0 Å². The first-order valence-corrected chi connectivity index (χ1v) is 5.82. The summed E-state index contributed by atoms with van der Waals surface area (Å²) in [5, 5.41) is 0. The molecule has 0 saturated carbocycles. The number of hydrogen-bond acceptors (Lipinski definition) is 2. The predicted molar refractivity (Wildman–Crippen MR) is 59.8 cm³/mol. The molecule has 0 radical (unpaired) electrons. The molecule has 15 heavy (non-hydrogen) atoms. The van der Waals surface area contributed by atoms with E-state index >= 15 is 0 Å². The zero-order valence-corrected chi connectivity index (χ0v) is 8.98. The summed E-state index contributed by atoms with van der Waals surface area (Å²) in [6.07, 6.45) is 2.41. The maximum atomic E-state index is 5.46. The van der Waals surface area contributed by atoms with Gasteiger partial charge in [-0.3, -0.25) is 4.90 Å². The van der Waals surface area contributed by atoms with Crippen LogP contribution in [0, 0.1) is 0 Å². The van der Waals surface area contributed by atoms with Gasteiger partial charge in [0.05, 0.1) is 6.61 Å². The topological polar surface area (TPSA) is 12.5 Å². The molecule has 1 atom stereocenters. The highest BCUT2D eigenvalue weighted by Crippen LogP contribution is 2.23. The summed E-state index contributed by atoms with van der Waals surface area (Å²) < 4.78 is 5.46. The minimum Gasteiger partial charge on any atom is -0.380 e. The Morgan fingerprint density at radius 2 is 2.07 bits per heavy atom. The molecule has 1 saturated heterocycles. The summed E-state index contributed by atoms with van der Waals surface area (Å²) in [4.78, 5) is 2.58. The Morgan fingerprint density at radius 1 is 1.20 bits per heavy atom. The third-order valence-corrected chi connectivity index (χ3v) is 3.58. The Balaban J connectivity index is 1.76. The van der Waals surface area contributed by atoms with E-state index in [1.807, 2.05) is 0 Å². The van der Waals surface area contributed by atoms with Crippen molar-refractivity contribution in [3.05, 3.63) is 35.4 Å². The van der Waals surface area contributed by atoms with E-state index in [-0.39, 0.29) is 0 Å². The largest absolute Gasteiger partial charge is 0.380 e. The standard InChI is InChI=1S/C13H17NO/c1-2-4-12-9-14(7-5-11(12)3-1)13-6-8-15-10-13/h1-4,13H,5-10H2. The van der Waals surface area contributed by atoms with Gasteiger partial charge in [-0.05, 0) is 24.0 Å². The summed E-state index contributed by atoms with van der Waals surface area (Å²) >= 11 is 0. The zero-order chi connectivity index (χ0) is 10.1. The van der Waals surface area contributed by atoms with Crippen LogP contribution in [0.2, 0.25) is 0 Å². The van der Waals surface area contributed by atoms with E-state index < -0.39 is 0 Å². The minimum atomic E-state index is 0.665. The lowest BCUT2D eigenvalue weighted by atomic mass is 9.98. The highest BCUT2D eigenvalue weighted by atomic mass is 16.5. The molecule has 2 heteroatoms. The number of nitrogens with zero attached hydrogens (tertiary/aromatic N) is 1. The molecular formula is C13H17NO. The molecule has 1 aromatic carbocycles.